The minimum absolute atomic E-state index is 0.000975. The number of ether oxygens (including phenoxy) is 1. The number of pyridine rings is 1. The molecule has 236 valence electrons. The van der Waals surface area contributed by atoms with Gasteiger partial charge in [0.2, 0.25) is 5.91 Å². The Hall–Kier alpha value is -4.84. The van der Waals surface area contributed by atoms with Crippen LogP contribution in [0.5, 0.6) is 5.75 Å². The van der Waals surface area contributed by atoms with E-state index in [0.717, 1.165) is 30.5 Å². The molecule has 5 aromatic rings. The molecule has 0 bridgehead atoms. The van der Waals surface area contributed by atoms with Crippen molar-refractivity contribution in [3.05, 3.63) is 59.4 Å². The van der Waals surface area contributed by atoms with Crippen LogP contribution in [0.25, 0.3) is 44.8 Å². The summed E-state index contributed by atoms with van der Waals surface area (Å²) in [6.07, 6.45) is 1.30. The number of likely N-dealkylation sites (tertiary alicyclic amines) is 1. The van der Waals surface area contributed by atoms with Crippen molar-refractivity contribution in [2.24, 2.45) is 18.7 Å². The Balaban J connectivity index is 1.23. The fraction of sp³-hybridized carbons (Fsp3) is 0.353. The maximum absolute atomic E-state index is 15.6. The van der Waals surface area contributed by atoms with Crippen molar-refractivity contribution < 1.29 is 23.1 Å². The second kappa shape index (κ2) is 10.6. The van der Waals surface area contributed by atoms with Gasteiger partial charge in [0, 0.05) is 53.9 Å². The zero-order valence-electron chi connectivity index (χ0n) is 25.5. The van der Waals surface area contributed by atoms with Gasteiger partial charge in [0.15, 0.2) is 5.82 Å². The van der Waals surface area contributed by atoms with Gasteiger partial charge in [-0.05, 0) is 67.6 Å². The van der Waals surface area contributed by atoms with Crippen molar-refractivity contribution in [1.29, 1.82) is 0 Å². The molecule has 3 aromatic heterocycles. The van der Waals surface area contributed by atoms with E-state index in [0.29, 0.717) is 62.2 Å². The molecular weight excluding hydrogens is 592 g/mol. The lowest BCUT2D eigenvalue weighted by molar-refractivity contribution is -0.115. The molecule has 2 fully saturated rings. The van der Waals surface area contributed by atoms with Crippen LogP contribution < -0.4 is 15.8 Å². The summed E-state index contributed by atoms with van der Waals surface area (Å²) in [5.74, 6) is 0.656. The highest BCUT2D eigenvalue weighted by Gasteiger charge is 2.31. The normalized spacial score (nSPS) is 19.6. The number of nitrogens with one attached hydrogen (secondary N) is 1. The van der Waals surface area contributed by atoms with E-state index in [1.807, 2.05) is 23.7 Å². The summed E-state index contributed by atoms with van der Waals surface area (Å²) in [7, 11) is 3.45. The van der Waals surface area contributed by atoms with Gasteiger partial charge in [-0.3, -0.25) is 9.59 Å². The SMILES string of the molecule is COc1cc(C(=O)N2C[C@H](N)C[C@@H](F)C2)cc2nc(-c3cc4ccc(-c5ccc6c(c5F)CC(=O)N6)nc4n3CC3CC3)n(C)c12. The zero-order valence-corrected chi connectivity index (χ0v) is 25.5. The minimum atomic E-state index is -1.16. The number of aryl methyl sites for hydroxylation is 1. The molecule has 5 heterocycles. The van der Waals surface area contributed by atoms with Gasteiger partial charge in [-0.2, -0.15) is 0 Å². The first-order chi connectivity index (χ1) is 22.2. The van der Waals surface area contributed by atoms with Crippen molar-refractivity contribution in [3.8, 4) is 28.5 Å². The molecule has 0 unspecified atom stereocenters. The van der Waals surface area contributed by atoms with Crippen LogP contribution in [0.1, 0.15) is 35.2 Å². The van der Waals surface area contributed by atoms with Gasteiger partial charge in [-0.25, -0.2) is 18.7 Å². The predicted octanol–water partition coefficient (Wildman–Crippen LogP) is 4.82. The van der Waals surface area contributed by atoms with E-state index in [-0.39, 0.29) is 37.7 Å². The molecule has 2 amide bonds. The number of hydrogen-bond donors (Lipinski definition) is 2. The average Bonchev–Trinajstić information content (AvgIpc) is 3.54. The number of nitrogens with two attached hydrogens (primary N) is 1. The van der Waals surface area contributed by atoms with Gasteiger partial charge in [0.1, 0.15) is 28.9 Å². The van der Waals surface area contributed by atoms with Gasteiger partial charge in [-0.1, -0.05) is 0 Å². The van der Waals surface area contributed by atoms with Gasteiger partial charge >= 0.3 is 0 Å². The Morgan fingerprint density at radius 1 is 1.13 bits per heavy atom. The molecule has 0 spiro atoms. The molecular formula is C34H33F2N7O3. The summed E-state index contributed by atoms with van der Waals surface area (Å²) >= 11 is 0. The molecule has 1 saturated heterocycles. The van der Waals surface area contributed by atoms with Crippen molar-refractivity contribution >= 4 is 39.6 Å². The maximum atomic E-state index is 15.6. The fourth-order valence-corrected chi connectivity index (χ4v) is 6.91. The van der Waals surface area contributed by atoms with E-state index in [1.54, 1.807) is 37.4 Å². The third-order valence-electron chi connectivity index (χ3n) is 9.36. The number of rotatable bonds is 6. The predicted molar refractivity (Wildman–Crippen MR) is 170 cm³/mol. The smallest absolute Gasteiger partial charge is 0.254 e. The van der Waals surface area contributed by atoms with E-state index < -0.39 is 18.0 Å². The summed E-state index contributed by atoms with van der Waals surface area (Å²) in [6, 6.07) is 12.1. The van der Waals surface area contributed by atoms with E-state index in [9.17, 15) is 14.0 Å². The molecule has 46 heavy (non-hydrogen) atoms. The van der Waals surface area contributed by atoms with Crippen LogP contribution in [0.15, 0.2) is 42.5 Å². The van der Waals surface area contributed by atoms with Gasteiger partial charge in [0.05, 0.1) is 37.0 Å². The lowest BCUT2D eigenvalue weighted by Gasteiger charge is -2.33. The first-order valence-corrected chi connectivity index (χ1v) is 15.5. The average molecular weight is 626 g/mol. The Morgan fingerprint density at radius 3 is 2.72 bits per heavy atom. The number of imidazole rings is 1. The standard InChI is InChI=1S/C34H33F2N7O3/c1-41-31-26(9-19(11-28(31)46-2)34(45)42-15-20(35)12-21(37)16-42)40-33(41)27-10-18-5-7-24(39-32(18)43(27)14-17-3-4-17)22-6-8-25-23(30(22)36)13-29(44)38-25/h5-11,17,20-21H,3-4,12-16,37H2,1-2H3,(H,38,44)/t20-,21-/m1/s1. The van der Waals surface area contributed by atoms with Gasteiger partial charge in [-0.15, -0.1) is 0 Å². The molecule has 2 aromatic carbocycles. The van der Waals surface area contributed by atoms with Crippen LogP contribution in [0.3, 0.4) is 0 Å². The fourth-order valence-electron chi connectivity index (χ4n) is 6.91. The van der Waals surface area contributed by atoms with Crippen molar-refractivity contribution in [1.82, 2.24) is 24.0 Å². The second-order valence-corrected chi connectivity index (χ2v) is 12.7. The van der Waals surface area contributed by atoms with Crippen LogP contribution in [0, 0.1) is 11.7 Å². The third kappa shape index (κ3) is 4.70. The second-order valence-electron chi connectivity index (χ2n) is 12.7. The number of halogens is 2. The number of carbonyl (C=O) groups excluding carboxylic acids is 2. The lowest BCUT2D eigenvalue weighted by atomic mass is 10.0. The molecule has 8 rings (SSSR count). The number of alkyl halides is 1. The summed E-state index contributed by atoms with van der Waals surface area (Å²) in [5, 5.41) is 3.58. The summed E-state index contributed by atoms with van der Waals surface area (Å²) in [6.45, 7) is 1.01. The summed E-state index contributed by atoms with van der Waals surface area (Å²) in [5.41, 5.74) is 10.9. The van der Waals surface area contributed by atoms with Crippen LogP contribution >= 0.6 is 0 Å². The van der Waals surface area contributed by atoms with Crippen LogP contribution in [0.4, 0.5) is 14.5 Å². The van der Waals surface area contributed by atoms with E-state index in [4.69, 9.17) is 20.4 Å². The molecule has 2 atom stereocenters. The number of carbonyl (C=O) groups is 2. The maximum Gasteiger partial charge on any atom is 0.254 e. The molecule has 3 aliphatic rings. The molecule has 3 N–H and O–H groups in total. The number of fused-ring (bicyclic) bond motifs is 3. The number of hydrogen-bond acceptors (Lipinski definition) is 6. The Labute approximate surface area is 263 Å². The number of piperidine rings is 1. The van der Waals surface area contributed by atoms with Gasteiger partial charge in [0.25, 0.3) is 5.91 Å². The largest absolute Gasteiger partial charge is 0.494 e. The number of aromatic nitrogens is 4. The Kier molecular flexibility index (Phi) is 6.61. The van der Waals surface area contributed by atoms with Crippen LogP contribution in [-0.4, -0.2) is 68.2 Å². The monoisotopic (exact) mass is 625 g/mol. The molecule has 0 radical (unpaired) electrons. The van der Waals surface area contributed by atoms with Gasteiger partial charge < -0.3 is 29.8 Å². The first kappa shape index (κ1) is 28.6. The quantitative estimate of drug-likeness (QED) is 0.279. The first-order valence-electron chi connectivity index (χ1n) is 15.5. The van der Waals surface area contributed by atoms with E-state index >= 15 is 4.39 Å². The van der Waals surface area contributed by atoms with E-state index in [1.165, 1.54) is 4.90 Å². The lowest BCUT2D eigenvalue weighted by Crippen LogP contribution is -2.50. The minimum Gasteiger partial charge on any atom is -0.494 e. The number of methoxy groups -OCH3 is 1. The highest BCUT2D eigenvalue weighted by molar-refractivity contribution is 6.01. The number of nitrogens with zero attached hydrogens (tertiary/aromatic N) is 5. The van der Waals surface area contributed by atoms with E-state index in [2.05, 4.69) is 9.88 Å². The number of anilines is 1. The molecule has 2 aliphatic heterocycles. The molecule has 1 saturated carbocycles. The third-order valence-corrected chi connectivity index (χ3v) is 9.36. The summed E-state index contributed by atoms with van der Waals surface area (Å²) in [4.78, 5) is 36.8. The van der Waals surface area contributed by atoms with Crippen molar-refractivity contribution in [3.63, 3.8) is 0 Å². The molecule has 10 nitrogen and oxygen atoms in total. The van der Waals surface area contributed by atoms with Crippen molar-refractivity contribution in [2.75, 3.05) is 25.5 Å². The van der Waals surface area contributed by atoms with Crippen LogP contribution in [-0.2, 0) is 24.8 Å². The molecule has 1 aliphatic carbocycles. The topological polar surface area (TPSA) is 120 Å². The Bertz CT molecular complexity index is 2070. The Morgan fingerprint density at radius 2 is 1.96 bits per heavy atom. The zero-order chi connectivity index (χ0) is 31.9. The highest BCUT2D eigenvalue weighted by Crippen LogP contribution is 2.39. The van der Waals surface area contributed by atoms with Crippen LogP contribution in [0.2, 0.25) is 0 Å². The highest BCUT2D eigenvalue weighted by atomic mass is 19.1. The molecule has 12 heteroatoms. The van der Waals surface area contributed by atoms with Crippen molar-refractivity contribution in [2.45, 2.75) is 44.4 Å². The number of benzene rings is 2. The number of amides is 2. The summed E-state index contributed by atoms with van der Waals surface area (Å²) < 4.78 is 39.7.